The van der Waals surface area contributed by atoms with E-state index in [2.05, 4.69) is 22.0 Å². The third kappa shape index (κ3) is 4.61. The largest absolute Gasteiger partial charge is 0.381 e. The van der Waals surface area contributed by atoms with Crippen molar-refractivity contribution in [3.8, 4) is 0 Å². The lowest BCUT2D eigenvalue weighted by molar-refractivity contribution is -0.132. The van der Waals surface area contributed by atoms with Gasteiger partial charge in [0.15, 0.2) is 0 Å². The van der Waals surface area contributed by atoms with Crippen molar-refractivity contribution in [2.75, 3.05) is 59.2 Å². The molecule has 26 heavy (non-hydrogen) atoms. The SMILES string of the molecule is O=C(CN1CCOCC1)N1C[C@@H](COCC2CC2)[C@H](c2ccncc2)C1. The molecule has 2 aliphatic heterocycles. The van der Waals surface area contributed by atoms with E-state index in [0.717, 1.165) is 58.5 Å². The van der Waals surface area contributed by atoms with Gasteiger partial charge in [-0.15, -0.1) is 0 Å². The quantitative estimate of drug-likeness (QED) is 0.736. The molecule has 2 saturated heterocycles. The van der Waals surface area contributed by atoms with E-state index >= 15 is 0 Å². The van der Waals surface area contributed by atoms with Gasteiger partial charge in [0, 0.05) is 57.0 Å². The molecule has 4 rings (SSSR count). The summed E-state index contributed by atoms with van der Waals surface area (Å²) in [6, 6.07) is 4.16. The number of pyridine rings is 1. The van der Waals surface area contributed by atoms with Crippen LogP contribution in [0.25, 0.3) is 0 Å². The summed E-state index contributed by atoms with van der Waals surface area (Å²) in [6.07, 6.45) is 6.30. The Labute approximate surface area is 155 Å². The molecule has 0 spiro atoms. The van der Waals surface area contributed by atoms with Crippen LogP contribution in [0, 0.1) is 11.8 Å². The molecule has 1 aliphatic carbocycles. The van der Waals surface area contributed by atoms with E-state index < -0.39 is 0 Å². The third-order valence-corrected chi connectivity index (χ3v) is 5.77. The molecule has 2 atom stereocenters. The first kappa shape index (κ1) is 17.9. The van der Waals surface area contributed by atoms with Crippen LogP contribution >= 0.6 is 0 Å². The van der Waals surface area contributed by atoms with Gasteiger partial charge in [-0.1, -0.05) is 0 Å². The topological polar surface area (TPSA) is 54.9 Å². The zero-order valence-corrected chi connectivity index (χ0v) is 15.4. The molecular weight excluding hydrogens is 330 g/mol. The number of carbonyl (C=O) groups is 1. The average molecular weight is 359 g/mol. The summed E-state index contributed by atoms with van der Waals surface area (Å²) < 4.78 is 11.4. The number of morpholine rings is 1. The molecule has 0 bridgehead atoms. The molecule has 0 N–H and O–H groups in total. The number of hydrogen-bond acceptors (Lipinski definition) is 5. The normalized spacial score (nSPS) is 27.0. The summed E-state index contributed by atoms with van der Waals surface area (Å²) in [4.78, 5) is 21.2. The minimum absolute atomic E-state index is 0.232. The Balaban J connectivity index is 1.37. The maximum absolute atomic E-state index is 12.8. The minimum Gasteiger partial charge on any atom is -0.381 e. The average Bonchev–Trinajstić information content (AvgIpc) is 3.40. The minimum atomic E-state index is 0.232. The van der Waals surface area contributed by atoms with E-state index in [9.17, 15) is 4.79 Å². The zero-order chi connectivity index (χ0) is 17.8. The summed E-state index contributed by atoms with van der Waals surface area (Å²) in [5.74, 6) is 1.71. The number of amides is 1. The first-order valence-corrected chi connectivity index (χ1v) is 9.85. The Morgan fingerprint density at radius 3 is 2.65 bits per heavy atom. The summed E-state index contributed by atoms with van der Waals surface area (Å²) in [5, 5.41) is 0. The number of likely N-dealkylation sites (tertiary alicyclic amines) is 1. The van der Waals surface area contributed by atoms with Gasteiger partial charge in [0.05, 0.1) is 26.4 Å². The van der Waals surface area contributed by atoms with Crippen LogP contribution in [0.5, 0.6) is 0 Å². The summed E-state index contributed by atoms with van der Waals surface area (Å²) in [5.41, 5.74) is 1.27. The molecule has 1 aromatic rings. The van der Waals surface area contributed by atoms with E-state index in [1.807, 2.05) is 17.3 Å². The van der Waals surface area contributed by atoms with Crippen LogP contribution in [0.1, 0.15) is 24.3 Å². The maximum Gasteiger partial charge on any atom is 0.236 e. The van der Waals surface area contributed by atoms with Crippen molar-refractivity contribution >= 4 is 5.91 Å². The van der Waals surface area contributed by atoms with Crippen LogP contribution in [0.15, 0.2) is 24.5 Å². The fraction of sp³-hybridized carbons (Fsp3) is 0.700. The molecule has 1 aromatic heterocycles. The molecule has 0 radical (unpaired) electrons. The molecule has 1 amide bonds. The fourth-order valence-corrected chi connectivity index (χ4v) is 3.95. The number of carbonyl (C=O) groups excluding carboxylic acids is 1. The maximum atomic E-state index is 12.8. The van der Waals surface area contributed by atoms with E-state index in [-0.39, 0.29) is 5.91 Å². The Morgan fingerprint density at radius 2 is 1.92 bits per heavy atom. The van der Waals surface area contributed by atoms with Crippen molar-refractivity contribution in [1.82, 2.24) is 14.8 Å². The Bertz CT molecular complexity index is 587. The predicted molar refractivity (Wildman–Crippen MR) is 97.9 cm³/mol. The second-order valence-corrected chi connectivity index (χ2v) is 7.82. The van der Waals surface area contributed by atoms with E-state index in [4.69, 9.17) is 9.47 Å². The van der Waals surface area contributed by atoms with Gasteiger partial charge in [0.25, 0.3) is 0 Å². The van der Waals surface area contributed by atoms with Crippen LogP contribution in [-0.4, -0.2) is 79.8 Å². The van der Waals surface area contributed by atoms with Gasteiger partial charge in [0.2, 0.25) is 5.91 Å². The van der Waals surface area contributed by atoms with E-state index in [0.29, 0.717) is 18.4 Å². The van der Waals surface area contributed by atoms with Gasteiger partial charge < -0.3 is 14.4 Å². The highest BCUT2D eigenvalue weighted by Crippen LogP contribution is 2.34. The van der Waals surface area contributed by atoms with Crippen LogP contribution in [0.3, 0.4) is 0 Å². The number of hydrogen-bond donors (Lipinski definition) is 0. The molecule has 6 heteroatoms. The zero-order valence-electron chi connectivity index (χ0n) is 15.4. The smallest absolute Gasteiger partial charge is 0.236 e. The van der Waals surface area contributed by atoms with Gasteiger partial charge >= 0.3 is 0 Å². The van der Waals surface area contributed by atoms with Gasteiger partial charge in [-0.05, 0) is 36.5 Å². The van der Waals surface area contributed by atoms with Crippen molar-refractivity contribution in [1.29, 1.82) is 0 Å². The first-order chi connectivity index (χ1) is 12.8. The Morgan fingerprint density at radius 1 is 1.15 bits per heavy atom. The van der Waals surface area contributed by atoms with Crippen LogP contribution in [-0.2, 0) is 14.3 Å². The lowest BCUT2D eigenvalue weighted by atomic mass is 9.90. The highest BCUT2D eigenvalue weighted by atomic mass is 16.5. The molecule has 3 heterocycles. The van der Waals surface area contributed by atoms with Gasteiger partial charge in [0.1, 0.15) is 0 Å². The first-order valence-electron chi connectivity index (χ1n) is 9.85. The van der Waals surface area contributed by atoms with Crippen LogP contribution in [0.2, 0.25) is 0 Å². The summed E-state index contributed by atoms with van der Waals surface area (Å²) in [6.45, 7) is 6.84. The third-order valence-electron chi connectivity index (χ3n) is 5.77. The highest BCUT2D eigenvalue weighted by Gasteiger charge is 2.37. The Hall–Kier alpha value is -1.50. The second kappa shape index (κ2) is 8.46. The molecule has 0 aromatic carbocycles. The molecule has 1 saturated carbocycles. The number of rotatable bonds is 7. The fourth-order valence-electron chi connectivity index (χ4n) is 3.95. The molecule has 0 unspecified atom stereocenters. The molecule has 3 fully saturated rings. The summed E-state index contributed by atoms with van der Waals surface area (Å²) >= 11 is 0. The van der Waals surface area contributed by atoms with Crippen molar-refractivity contribution in [3.05, 3.63) is 30.1 Å². The van der Waals surface area contributed by atoms with E-state index in [1.165, 1.54) is 18.4 Å². The monoisotopic (exact) mass is 359 g/mol. The molecule has 142 valence electrons. The van der Waals surface area contributed by atoms with Crippen molar-refractivity contribution in [3.63, 3.8) is 0 Å². The van der Waals surface area contributed by atoms with Crippen molar-refractivity contribution < 1.29 is 14.3 Å². The van der Waals surface area contributed by atoms with Gasteiger partial charge in [-0.2, -0.15) is 0 Å². The standard InChI is InChI=1S/C20H29N3O3/c24-20(13-22-7-9-25-10-8-22)23-11-18(15-26-14-16-1-2-16)19(12-23)17-3-5-21-6-4-17/h3-6,16,18-19H,1-2,7-15H2/t18-,19-/m0/s1. The van der Waals surface area contributed by atoms with E-state index in [1.54, 1.807) is 0 Å². The second-order valence-electron chi connectivity index (χ2n) is 7.82. The van der Waals surface area contributed by atoms with Crippen LogP contribution in [0.4, 0.5) is 0 Å². The predicted octanol–water partition coefficient (Wildman–Crippen LogP) is 1.38. The Kier molecular flexibility index (Phi) is 5.82. The van der Waals surface area contributed by atoms with Gasteiger partial charge in [-0.25, -0.2) is 0 Å². The highest BCUT2D eigenvalue weighted by molar-refractivity contribution is 5.78. The number of aromatic nitrogens is 1. The van der Waals surface area contributed by atoms with Crippen LogP contribution < -0.4 is 0 Å². The lowest BCUT2D eigenvalue weighted by Crippen LogP contribution is -2.44. The number of nitrogens with zero attached hydrogens (tertiary/aromatic N) is 3. The molecule has 3 aliphatic rings. The van der Waals surface area contributed by atoms with Crippen molar-refractivity contribution in [2.24, 2.45) is 11.8 Å². The summed E-state index contributed by atoms with van der Waals surface area (Å²) in [7, 11) is 0. The van der Waals surface area contributed by atoms with Crippen molar-refractivity contribution in [2.45, 2.75) is 18.8 Å². The van der Waals surface area contributed by atoms with Gasteiger partial charge in [-0.3, -0.25) is 14.7 Å². The lowest BCUT2D eigenvalue weighted by Gasteiger charge is -2.28. The number of ether oxygens (including phenoxy) is 2. The molecular formula is C20H29N3O3. The molecule has 6 nitrogen and oxygen atoms in total.